The minimum atomic E-state index is -4.54. The van der Waals surface area contributed by atoms with E-state index >= 15 is 0 Å². The lowest BCUT2D eigenvalue weighted by molar-refractivity contribution is -0.137. The Hall–Kier alpha value is -2.70. The number of anilines is 1. The van der Waals surface area contributed by atoms with Crippen LogP contribution in [-0.4, -0.2) is 16.2 Å². The zero-order chi connectivity index (χ0) is 24.5. The molecule has 1 heterocycles. The number of thiocarbonyl (C=S) groups is 1. The Morgan fingerprint density at radius 1 is 1.03 bits per heavy atom. The SMILES string of the molecule is O=C(Oc1cccc(/C=C2\SC(=S)N(c3cccc(C(F)(F)F)c3)C2=O)c1)c1ccccc1I. The summed E-state index contributed by atoms with van der Waals surface area (Å²) in [7, 11) is 0. The molecule has 1 aliphatic rings. The van der Waals surface area contributed by atoms with Crippen molar-refractivity contribution in [3.63, 3.8) is 0 Å². The van der Waals surface area contributed by atoms with Gasteiger partial charge in [0.15, 0.2) is 4.32 Å². The van der Waals surface area contributed by atoms with Crippen LogP contribution in [0.15, 0.2) is 77.7 Å². The van der Waals surface area contributed by atoms with E-state index in [1.54, 1.807) is 48.5 Å². The molecule has 0 unspecified atom stereocenters. The quantitative estimate of drug-likeness (QED) is 0.105. The molecule has 0 radical (unpaired) electrons. The minimum Gasteiger partial charge on any atom is -0.423 e. The highest BCUT2D eigenvalue weighted by Crippen LogP contribution is 2.38. The predicted octanol–water partition coefficient (Wildman–Crippen LogP) is 6.94. The highest BCUT2D eigenvalue weighted by atomic mass is 127. The van der Waals surface area contributed by atoms with Crippen LogP contribution >= 0.6 is 46.6 Å². The van der Waals surface area contributed by atoms with E-state index in [1.165, 1.54) is 12.1 Å². The second kappa shape index (κ2) is 9.88. The maximum absolute atomic E-state index is 13.1. The van der Waals surface area contributed by atoms with Crippen LogP contribution < -0.4 is 9.64 Å². The molecule has 1 fully saturated rings. The molecular formula is C24H13F3INO3S2. The number of halogens is 4. The van der Waals surface area contributed by atoms with Gasteiger partial charge in [-0.3, -0.25) is 9.69 Å². The van der Waals surface area contributed by atoms with Crippen molar-refractivity contribution in [1.82, 2.24) is 0 Å². The van der Waals surface area contributed by atoms with Crippen molar-refractivity contribution in [2.24, 2.45) is 0 Å². The normalized spacial score (nSPS) is 15.2. The van der Waals surface area contributed by atoms with Gasteiger partial charge in [0.2, 0.25) is 0 Å². The number of esters is 1. The van der Waals surface area contributed by atoms with Gasteiger partial charge in [-0.2, -0.15) is 13.2 Å². The fourth-order valence-corrected chi connectivity index (χ4v) is 5.03. The van der Waals surface area contributed by atoms with E-state index in [9.17, 15) is 22.8 Å². The fraction of sp³-hybridized carbons (Fsp3) is 0.0417. The van der Waals surface area contributed by atoms with Crippen LogP contribution in [0.5, 0.6) is 5.75 Å². The molecule has 0 spiro atoms. The number of ether oxygens (including phenoxy) is 1. The largest absolute Gasteiger partial charge is 0.423 e. The smallest absolute Gasteiger partial charge is 0.416 e. The average Bonchev–Trinajstić information content (AvgIpc) is 3.06. The van der Waals surface area contributed by atoms with Crippen molar-refractivity contribution in [3.05, 3.63) is 98.0 Å². The third-order valence-corrected chi connectivity index (χ3v) is 6.93. The maximum Gasteiger partial charge on any atom is 0.416 e. The lowest BCUT2D eigenvalue weighted by Crippen LogP contribution is -2.27. The summed E-state index contributed by atoms with van der Waals surface area (Å²) in [6.07, 6.45) is -2.99. The van der Waals surface area contributed by atoms with Crippen molar-refractivity contribution in [2.45, 2.75) is 6.18 Å². The van der Waals surface area contributed by atoms with Crippen LogP contribution in [0.3, 0.4) is 0 Å². The van der Waals surface area contributed by atoms with Gasteiger partial charge < -0.3 is 4.74 Å². The molecule has 0 aromatic heterocycles. The van der Waals surface area contributed by atoms with Gasteiger partial charge >= 0.3 is 12.1 Å². The minimum absolute atomic E-state index is 0.0425. The molecule has 1 saturated heterocycles. The molecule has 0 saturated carbocycles. The molecule has 0 atom stereocenters. The van der Waals surface area contributed by atoms with E-state index in [0.29, 0.717) is 11.1 Å². The lowest BCUT2D eigenvalue weighted by atomic mass is 10.1. The fourth-order valence-electron chi connectivity index (χ4n) is 3.12. The summed E-state index contributed by atoms with van der Waals surface area (Å²) in [5, 5.41) is 0. The molecule has 172 valence electrons. The summed E-state index contributed by atoms with van der Waals surface area (Å²) < 4.78 is 45.6. The number of carbonyl (C=O) groups excluding carboxylic acids is 2. The maximum atomic E-state index is 13.1. The molecular weight excluding hydrogens is 598 g/mol. The van der Waals surface area contributed by atoms with Crippen LogP contribution in [0, 0.1) is 3.57 Å². The summed E-state index contributed by atoms with van der Waals surface area (Å²) >= 11 is 8.28. The number of nitrogens with zero attached hydrogens (tertiary/aromatic N) is 1. The van der Waals surface area contributed by atoms with E-state index in [1.807, 2.05) is 28.7 Å². The summed E-state index contributed by atoms with van der Waals surface area (Å²) in [5.41, 5.74) is 0.166. The molecule has 34 heavy (non-hydrogen) atoms. The van der Waals surface area contributed by atoms with E-state index in [4.69, 9.17) is 17.0 Å². The third-order valence-electron chi connectivity index (χ3n) is 4.69. The Labute approximate surface area is 215 Å². The molecule has 1 amide bonds. The topological polar surface area (TPSA) is 46.6 Å². The van der Waals surface area contributed by atoms with Crippen LogP contribution in [0.1, 0.15) is 21.5 Å². The molecule has 0 bridgehead atoms. The number of hydrogen-bond donors (Lipinski definition) is 0. The molecule has 1 aliphatic heterocycles. The first-order chi connectivity index (χ1) is 16.1. The molecule has 0 N–H and O–H groups in total. The number of carbonyl (C=O) groups is 2. The Kier molecular flexibility index (Phi) is 7.10. The Balaban J connectivity index is 1.56. The zero-order valence-electron chi connectivity index (χ0n) is 17.0. The highest BCUT2D eigenvalue weighted by Gasteiger charge is 2.36. The van der Waals surface area contributed by atoms with Gasteiger partial charge in [-0.15, -0.1) is 0 Å². The highest BCUT2D eigenvalue weighted by molar-refractivity contribution is 14.1. The van der Waals surface area contributed by atoms with Crippen molar-refractivity contribution in [2.75, 3.05) is 4.90 Å². The van der Waals surface area contributed by atoms with Gasteiger partial charge in [-0.25, -0.2) is 4.79 Å². The van der Waals surface area contributed by atoms with E-state index in [0.717, 1.165) is 32.4 Å². The predicted molar refractivity (Wildman–Crippen MR) is 138 cm³/mol. The number of rotatable bonds is 4. The van der Waals surface area contributed by atoms with Crippen LogP contribution in [0.4, 0.5) is 18.9 Å². The van der Waals surface area contributed by atoms with Gasteiger partial charge in [0.05, 0.1) is 21.7 Å². The Morgan fingerprint density at radius 3 is 2.50 bits per heavy atom. The zero-order valence-corrected chi connectivity index (χ0v) is 20.8. The Bertz CT molecular complexity index is 1340. The van der Waals surface area contributed by atoms with Gasteiger partial charge in [0.25, 0.3) is 5.91 Å². The van der Waals surface area contributed by atoms with Crippen molar-refractivity contribution in [3.8, 4) is 5.75 Å². The van der Waals surface area contributed by atoms with Crippen LogP contribution in [0.2, 0.25) is 0 Å². The Morgan fingerprint density at radius 2 is 1.76 bits per heavy atom. The molecule has 4 rings (SSSR count). The monoisotopic (exact) mass is 611 g/mol. The first kappa shape index (κ1) is 24.4. The summed E-state index contributed by atoms with van der Waals surface area (Å²) in [5.74, 6) is -0.764. The molecule has 3 aromatic carbocycles. The van der Waals surface area contributed by atoms with Crippen molar-refractivity contribution < 1.29 is 27.5 Å². The number of amides is 1. The number of alkyl halides is 3. The van der Waals surface area contributed by atoms with E-state index in [-0.39, 0.29) is 20.7 Å². The molecule has 3 aromatic rings. The average molecular weight is 611 g/mol. The van der Waals surface area contributed by atoms with Crippen molar-refractivity contribution >= 4 is 74.5 Å². The van der Waals surface area contributed by atoms with E-state index < -0.39 is 23.6 Å². The van der Waals surface area contributed by atoms with Crippen LogP contribution in [0.25, 0.3) is 6.08 Å². The summed E-state index contributed by atoms with van der Waals surface area (Å²) in [6.45, 7) is 0. The van der Waals surface area contributed by atoms with Gasteiger partial charge in [-0.1, -0.05) is 54.3 Å². The third kappa shape index (κ3) is 5.34. The number of benzene rings is 3. The molecule has 4 nitrogen and oxygen atoms in total. The first-order valence-corrected chi connectivity index (χ1v) is 12.0. The molecule has 0 aliphatic carbocycles. The molecule has 10 heteroatoms. The van der Waals surface area contributed by atoms with E-state index in [2.05, 4.69) is 0 Å². The van der Waals surface area contributed by atoms with Gasteiger partial charge in [0, 0.05) is 3.57 Å². The second-order valence-electron chi connectivity index (χ2n) is 7.01. The summed E-state index contributed by atoms with van der Waals surface area (Å²) in [6, 6.07) is 18.0. The van der Waals surface area contributed by atoms with Gasteiger partial charge in [0.1, 0.15) is 5.75 Å². The standard InChI is InChI=1S/C24H13F3INO3S2/c25-24(26,27)15-6-4-7-16(13-15)29-21(30)20(34-23(29)33)12-14-5-3-8-17(11-14)32-22(31)18-9-1-2-10-19(18)28/h1-13H/b20-12-. The first-order valence-electron chi connectivity index (χ1n) is 9.65. The summed E-state index contributed by atoms with van der Waals surface area (Å²) in [4.78, 5) is 26.7. The van der Waals surface area contributed by atoms with Gasteiger partial charge in [-0.05, 0) is 76.7 Å². The number of hydrogen-bond acceptors (Lipinski definition) is 5. The second-order valence-corrected chi connectivity index (χ2v) is 9.85. The van der Waals surface area contributed by atoms with Crippen molar-refractivity contribution in [1.29, 1.82) is 0 Å². The number of thioether (sulfide) groups is 1. The van der Waals surface area contributed by atoms with Crippen LogP contribution in [-0.2, 0) is 11.0 Å². The lowest BCUT2D eigenvalue weighted by Gasteiger charge is -2.16.